The van der Waals surface area contributed by atoms with E-state index in [2.05, 4.69) is 58.1 Å². The van der Waals surface area contributed by atoms with Crippen LogP contribution in [0.3, 0.4) is 0 Å². The molecule has 0 aromatic heterocycles. The maximum Gasteiger partial charge on any atom is 0.254 e. The van der Waals surface area contributed by atoms with Crippen LogP contribution >= 0.6 is 15.9 Å². The quantitative estimate of drug-likeness (QED) is 0.550. The third-order valence-electron chi connectivity index (χ3n) is 5.62. The molecule has 1 N–H and O–H groups in total. The number of phenolic OH excluding ortho intramolecular Hbond substituents is 1. The van der Waals surface area contributed by atoms with Gasteiger partial charge in [0, 0.05) is 41.9 Å². The Morgan fingerprint density at radius 3 is 2.63 bits per heavy atom. The van der Waals surface area contributed by atoms with Crippen LogP contribution in [0.1, 0.15) is 34.0 Å². The molecule has 30 heavy (non-hydrogen) atoms. The van der Waals surface area contributed by atoms with Crippen LogP contribution in [0.4, 0.5) is 5.69 Å². The minimum absolute atomic E-state index is 0.0329. The van der Waals surface area contributed by atoms with Gasteiger partial charge in [-0.25, -0.2) is 0 Å². The first kappa shape index (κ1) is 20.5. The lowest BCUT2D eigenvalue weighted by molar-refractivity contribution is 0.0734. The number of hydrogen-bond acceptors (Lipinski definition) is 3. The van der Waals surface area contributed by atoms with Gasteiger partial charge >= 0.3 is 0 Å². The molecule has 0 saturated heterocycles. The molecule has 4 rings (SSSR count). The number of carbonyl (C=O) groups is 1. The van der Waals surface area contributed by atoms with Gasteiger partial charge in [-0.1, -0.05) is 40.2 Å². The van der Waals surface area contributed by atoms with Gasteiger partial charge in [-0.05, 0) is 72.5 Å². The second-order valence-corrected chi connectivity index (χ2v) is 8.54. The first-order valence-electron chi connectivity index (χ1n) is 10.2. The Labute approximate surface area is 185 Å². The molecule has 0 aliphatic carbocycles. The zero-order valence-corrected chi connectivity index (χ0v) is 18.6. The van der Waals surface area contributed by atoms with Crippen molar-refractivity contribution in [1.82, 2.24) is 4.90 Å². The molecule has 154 valence electrons. The van der Waals surface area contributed by atoms with Crippen molar-refractivity contribution in [3.05, 3.63) is 93.5 Å². The van der Waals surface area contributed by atoms with Crippen molar-refractivity contribution in [2.75, 3.05) is 18.0 Å². The van der Waals surface area contributed by atoms with Gasteiger partial charge in [-0.2, -0.15) is 0 Å². The number of nitrogens with zero attached hydrogens (tertiary/aromatic N) is 2. The minimum atomic E-state index is 0.0329. The molecular weight excluding hydrogens is 440 g/mol. The lowest BCUT2D eigenvalue weighted by atomic mass is 9.98. The van der Waals surface area contributed by atoms with E-state index in [-0.39, 0.29) is 11.7 Å². The van der Waals surface area contributed by atoms with Crippen LogP contribution in [0, 0.1) is 0 Å². The largest absolute Gasteiger partial charge is 0.508 e. The molecule has 1 aliphatic heterocycles. The fourth-order valence-electron chi connectivity index (χ4n) is 3.93. The number of rotatable bonds is 5. The predicted octanol–water partition coefficient (Wildman–Crippen LogP) is 5.38. The van der Waals surface area contributed by atoms with Crippen molar-refractivity contribution in [1.29, 1.82) is 0 Å². The molecule has 0 saturated carbocycles. The van der Waals surface area contributed by atoms with Gasteiger partial charge in [0.2, 0.25) is 0 Å². The van der Waals surface area contributed by atoms with Gasteiger partial charge in [0.1, 0.15) is 5.75 Å². The van der Waals surface area contributed by atoms with Crippen molar-refractivity contribution >= 4 is 27.5 Å². The Morgan fingerprint density at radius 1 is 1.07 bits per heavy atom. The van der Waals surface area contributed by atoms with E-state index in [4.69, 9.17) is 0 Å². The zero-order chi connectivity index (χ0) is 21.1. The Balaban J connectivity index is 1.52. The molecule has 0 bridgehead atoms. The molecule has 1 aliphatic rings. The van der Waals surface area contributed by atoms with Crippen molar-refractivity contribution < 1.29 is 9.90 Å². The van der Waals surface area contributed by atoms with Crippen LogP contribution in [-0.4, -0.2) is 29.0 Å². The van der Waals surface area contributed by atoms with Crippen LogP contribution < -0.4 is 4.90 Å². The van der Waals surface area contributed by atoms with Crippen molar-refractivity contribution in [3.63, 3.8) is 0 Å². The number of fused-ring (bicyclic) bond motifs is 1. The third-order valence-corrected chi connectivity index (χ3v) is 6.14. The van der Waals surface area contributed by atoms with Crippen LogP contribution in [0.2, 0.25) is 0 Å². The maximum atomic E-state index is 13.2. The Morgan fingerprint density at radius 2 is 1.87 bits per heavy atom. The first-order valence-corrected chi connectivity index (χ1v) is 11.0. The molecule has 0 radical (unpaired) electrons. The van der Waals surface area contributed by atoms with Gasteiger partial charge < -0.3 is 14.9 Å². The summed E-state index contributed by atoms with van der Waals surface area (Å²) in [4.78, 5) is 17.3. The zero-order valence-electron chi connectivity index (χ0n) is 17.0. The van der Waals surface area contributed by atoms with E-state index in [1.165, 1.54) is 11.1 Å². The molecule has 4 nitrogen and oxygen atoms in total. The number of halogens is 1. The normalized spacial score (nSPS) is 13.1. The smallest absolute Gasteiger partial charge is 0.254 e. The van der Waals surface area contributed by atoms with E-state index < -0.39 is 0 Å². The number of carbonyl (C=O) groups excluding carboxylic acids is 1. The van der Waals surface area contributed by atoms with Crippen molar-refractivity contribution in [3.8, 4) is 5.75 Å². The number of hydrogen-bond donors (Lipinski definition) is 1. The van der Waals surface area contributed by atoms with Crippen LogP contribution in [0.15, 0.2) is 71.2 Å². The summed E-state index contributed by atoms with van der Waals surface area (Å²) >= 11 is 3.48. The summed E-state index contributed by atoms with van der Waals surface area (Å²) in [5.74, 6) is 0.280. The van der Waals surface area contributed by atoms with Crippen LogP contribution in [-0.2, 0) is 19.5 Å². The van der Waals surface area contributed by atoms with E-state index in [1.54, 1.807) is 12.1 Å². The standard InChI is InChI=1S/C25H25BrN2O2/c1-2-27(16-18-6-9-22(26)10-7-18)23-5-3-4-20(14-23)25(30)28-13-12-19-8-11-24(29)15-21(19)17-28/h3-11,14-15,29H,2,12-13,16-17H2,1H3. The van der Waals surface area contributed by atoms with Gasteiger partial charge in [-0.3, -0.25) is 4.79 Å². The predicted molar refractivity (Wildman–Crippen MR) is 124 cm³/mol. The number of anilines is 1. The molecule has 0 spiro atoms. The average Bonchev–Trinajstić information content (AvgIpc) is 2.77. The summed E-state index contributed by atoms with van der Waals surface area (Å²) in [6, 6.07) is 21.6. The van der Waals surface area contributed by atoms with E-state index in [0.717, 1.165) is 35.2 Å². The molecule has 1 amide bonds. The topological polar surface area (TPSA) is 43.8 Å². The SMILES string of the molecule is CCN(Cc1ccc(Br)cc1)c1cccc(C(=O)N2CCc3ccc(O)cc3C2)c1. The number of amides is 1. The molecular formula is C25H25BrN2O2. The van der Waals surface area contributed by atoms with Gasteiger partial charge in [-0.15, -0.1) is 0 Å². The van der Waals surface area contributed by atoms with Crippen LogP contribution in [0.5, 0.6) is 5.75 Å². The van der Waals surface area contributed by atoms with Gasteiger partial charge in [0.05, 0.1) is 0 Å². The van der Waals surface area contributed by atoms with Crippen molar-refractivity contribution in [2.45, 2.75) is 26.4 Å². The monoisotopic (exact) mass is 464 g/mol. The highest BCUT2D eigenvalue weighted by molar-refractivity contribution is 9.10. The first-order chi connectivity index (χ1) is 14.5. The van der Waals surface area contributed by atoms with E-state index in [9.17, 15) is 9.90 Å². The lowest BCUT2D eigenvalue weighted by Crippen LogP contribution is -2.36. The molecule has 1 heterocycles. The molecule has 0 fully saturated rings. The molecule has 0 unspecified atom stereocenters. The Kier molecular flexibility index (Phi) is 6.09. The highest BCUT2D eigenvalue weighted by Gasteiger charge is 2.22. The highest BCUT2D eigenvalue weighted by Crippen LogP contribution is 2.26. The van der Waals surface area contributed by atoms with E-state index >= 15 is 0 Å². The second kappa shape index (κ2) is 8.92. The lowest BCUT2D eigenvalue weighted by Gasteiger charge is -2.29. The van der Waals surface area contributed by atoms with E-state index in [1.807, 2.05) is 29.2 Å². The van der Waals surface area contributed by atoms with E-state index in [0.29, 0.717) is 18.7 Å². The van der Waals surface area contributed by atoms with Gasteiger partial charge in [0.15, 0.2) is 0 Å². The van der Waals surface area contributed by atoms with Crippen molar-refractivity contribution in [2.24, 2.45) is 0 Å². The molecule has 5 heteroatoms. The number of phenols is 1. The number of aromatic hydroxyl groups is 1. The fourth-order valence-corrected chi connectivity index (χ4v) is 4.20. The fraction of sp³-hybridized carbons (Fsp3) is 0.240. The Hall–Kier alpha value is -2.79. The summed E-state index contributed by atoms with van der Waals surface area (Å²) in [6.45, 7) is 4.99. The molecule has 0 atom stereocenters. The molecule has 3 aromatic carbocycles. The average molecular weight is 465 g/mol. The molecule has 3 aromatic rings. The summed E-state index contributed by atoms with van der Waals surface area (Å²) in [5.41, 5.74) is 5.20. The minimum Gasteiger partial charge on any atom is -0.508 e. The Bertz CT molecular complexity index is 1050. The number of benzene rings is 3. The van der Waals surface area contributed by atoms with Gasteiger partial charge in [0.25, 0.3) is 5.91 Å². The van der Waals surface area contributed by atoms with Crippen LogP contribution in [0.25, 0.3) is 0 Å². The summed E-state index contributed by atoms with van der Waals surface area (Å²) in [6.07, 6.45) is 0.811. The maximum absolute atomic E-state index is 13.2. The third kappa shape index (κ3) is 4.51. The summed E-state index contributed by atoms with van der Waals surface area (Å²) in [5, 5.41) is 9.78. The highest BCUT2D eigenvalue weighted by atomic mass is 79.9. The summed E-state index contributed by atoms with van der Waals surface area (Å²) < 4.78 is 1.07. The second-order valence-electron chi connectivity index (χ2n) is 7.62. The summed E-state index contributed by atoms with van der Waals surface area (Å²) in [7, 11) is 0.